The number of aromatic nitrogens is 1. The molecule has 1 heterocycles. The van der Waals surface area contributed by atoms with Crippen LogP contribution in [-0.2, 0) is 11.3 Å². The zero-order valence-corrected chi connectivity index (χ0v) is 16.7. The number of carbonyl (C=O) groups is 1. The number of hydrogen-bond donors (Lipinski definition) is 0. The van der Waals surface area contributed by atoms with Crippen LogP contribution in [0.15, 0.2) is 59.0 Å². The molecule has 0 N–H and O–H groups in total. The van der Waals surface area contributed by atoms with E-state index >= 15 is 0 Å². The molecule has 0 aliphatic heterocycles. The number of aryl methyl sites for hydroxylation is 1. The van der Waals surface area contributed by atoms with Gasteiger partial charge in [0.25, 0.3) is 0 Å². The van der Waals surface area contributed by atoms with E-state index in [0.29, 0.717) is 6.54 Å². The molecule has 0 spiro atoms. The molecule has 0 aliphatic rings. The van der Waals surface area contributed by atoms with Crippen LogP contribution in [0.25, 0.3) is 11.1 Å². The van der Waals surface area contributed by atoms with Gasteiger partial charge >= 0.3 is 0 Å². The standard InChI is InChI=1S/C12H17NO.C8H7NO.C2H6/c1-10(2)12(14)13(3)9-11-7-5-4-6-8-11;1-6-9-7-4-2-3-5-8(7)10-6;1-2/h4-8,10H,9H2,1-3H3;2-5H,1H3;1-2H3. The Morgan fingerprint density at radius 1 is 1.04 bits per heavy atom. The fourth-order valence-corrected chi connectivity index (χ4v) is 2.36. The lowest BCUT2D eigenvalue weighted by Crippen LogP contribution is -2.29. The highest BCUT2D eigenvalue weighted by atomic mass is 16.3. The number of rotatable bonds is 3. The van der Waals surface area contributed by atoms with Gasteiger partial charge in [-0.2, -0.15) is 0 Å². The summed E-state index contributed by atoms with van der Waals surface area (Å²) < 4.78 is 5.26. The highest BCUT2D eigenvalue weighted by molar-refractivity contribution is 5.77. The number of hydrogen-bond acceptors (Lipinski definition) is 3. The van der Waals surface area contributed by atoms with E-state index in [-0.39, 0.29) is 11.8 Å². The Morgan fingerprint density at radius 3 is 2.19 bits per heavy atom. The molecule has 0 aliphatic carbocycles. The Morgan fingerprint density at radius 2 is 1.62 bits per heavy atom. The maximum Gasteiger partial charge on any atom is 0.225 e. The van der Waals surface area contributed by atoms with Crippen LogP contribution in [0.4, 0.5) is 0 Å². The molecule has 0 atom stereocenters. The van der Waals surface area contributed by atoms with Crippen LogP contribution in [0, 0.1) is 12.8 Å². The predicted octanol–water partition coefficient (Wildman–Crippen LogP) is 5.46. The van der Waals surface area contributed by atoms with Crippen molar-refractivity contribution >= 4 is 17.0 Å². The van der Waals surface area contributed by atoms with Gasteiger partial charge in [-0.25, -0.2) is 4.98 Å². The van der Waals surface area contributed by atoms with E-state index in [1.165, 1.54) is 5.56 Å². The maximum absolute atomic E-state index is 11.6. The first-order chi connectivity index (χ1) is 12.5. The van der Waals surface area contributed by atoms with Gasteiger partial charge < -0.3 is 9.32 Å². The summed E-state index contributed by atoms with van der Waals surface area (Å²) in [6.45, 7) is 10.4. The topological polar surface area (TPSA) is 46.3 Å². The van der Waals surface area contributed by atoms with Gasteiger partial charge in [-0.05, 0) is 17.7 Å². The molecule has 1 amide bonds. The van der Waals surface area contributed by atoms with Crippen molar-refractivity contribution in [1.29, 1.82) is 0 Å². The number of para-hydroxylation sites is 2. The Kier molecular flexibility index (Phi) is 9.13. The van der Waals surface area contributed by atoms with Crippen LogP contribution in [0.3, 0.4) is 0 Å². The summed E-state index contributed by atoms with van der Waals surface area (Å²) in [5.74, 6) is 0.985. The van der Waals surface area contributed by atoms with Crippen molar-refractivity contribution in [2.24, 2.45) is 5.92 Å². The van der Waals surface area contributed by atoms with Crippen molar-refractivity contribution < 1.29 is 9.21 Å². The number of oxazole rings is 1. The molecule has 140 valence electrons. The monoisotopic (exact) mass is 354 g/mol. The first-order valence-corrected chi connectivity index (χ1v) is 9.08. The van der Waals surface area contributed by atoms with Crippen molar-refractivity contribution in [1.82, 2.24) is 9.88 Å². The largest absolute Gasteiger partial charge is 0.441 e. The normalized spacial score (nSPS) is 9.81. The predicted molar refractivity (Wildman–Crippen MR) is 108 cm³/mol. The number of carbonyl (C=O) groups excluding carboxylic acids is 1. The first-order valence-electron chi connectivity index (χ1n) is 9.08. The fraction of sp³-hybridized carbons (Fsp3) is 0.364. The molecule has 2 aromatic carbocycles. The Bertz CT molecular complexity index is 746. The van der Waals surface area contributed by atoms with Crippen LogP contribution < -0.4 is 0 Å². The molecule has 3 rings (SSSR count). The summed E-state index contributed by atoms with van der Waals surface area (Å²) in [7, 11) is 1.84. The minimum atomic E-state index is 0.0729. The van der Waals surface area contributed by atoms with Crippen molar-refractivity contribution in [2.45, 2.75) is 41.2 Å². The third-order valence-electron chi connectivity index (χ3n) is 3.53. The van der Waals surface area contributed by atoms with Crippen LogP contribution >= 0.6 is 0 Å². The van der Waals surface area contributed by atoms with Gasteiger partial charge in [0.15, 0.2) is 11.5 Å². The van der Waals surface area contributed by atoms with Gasteiger partial charge in [0, 0.05) is 26.4 Å². The van der Waals surface area contributed by atoms with E-state index in [9.17, 15) is 4.79 Å². The lowest BCUT2D eigenvalue weighted by atomic mass is 10.1. The minimum absolute atomic E-state index is 0.0729. The van der Waals surface area contributed by atoms with Gasteiger partial charge in [-0.1, -0.05) is 70.2 Å². The highest BCUT2D eigenvalue weighted by Gasteiger charge is 2.12. The van der Waals surface area contributed by atoms with Crippen molar-refractivity contribution in [3.8, 4) is 0 Å². The highest BCUT2D eigenvalue weighted by Crippen LogP contribution is 2.13. The lowest BCUT2D eigenvalue weighted by Gasteiger charge is -2.19. The van der Waals surface area contributed by atoms with Crippen LogP contribution in [-0.4, -0.2) is 22.8 Å². The molecule has 0 radical (unpaired) electrons. The quantitative estimate of drug-likeness (QED) is 0.627. The fourth-order valence-electron chi connectivity index (χ4n) is 2.36. The molecular formula is C22H30N2O2. The van der Waals surface area contributed by atoms with Crippen LogP contribution in [0.5, 0.6) is 0 Å². The van der Waals surface area contributed by atoms with Gasteiger partial charge in [-0.15, -0.1) is 0 Å². The first kappa shape index (κ1) is 21.4. The van der Waals surface area contributed by atoms with Crippen molar-refractivity contribution in [3.05, 3.63) is 66.1 Å². The smallest absolute Gasteiger partial charge is 0.225 e. The van der Waals surface area contributed by atoms with E-state index in [4.69, 9.17) is 4.42 Å². The average Bonchev–Trinajstić information content (AvgIpc) is 3.04. The summed E-state index contributed by atoms with van der Waals surface area (Å²) in [5, 5.41) is 0. The number of fused-ring (bicyclic) bond motifs is 1. The van der Waals surface area contributed by atoms with Crippen LogP contribution in [0.1, 0.15) is 39.1 Å². The molecule has 0 unspecified atom stereocenters. The molecule has 26 heavy (non-hydrogen) atoms. The number of nitrogens with zero attached hydrogens (tertiary/aromatic N) is 2. The molecule has 4 nitrogen and oxygen atoms in total. The molecule has 0 saturated heterocycles. The summed E-state index contributed by atoms with van der Waals surface area (Å²) in [6, 6.07) is 17.8. The summed E-state index contributed by atoms with van der Waals surface area (Å²) in [5.41, 5.74) is 2.96. The molecule has 4 heteroatoms. The molecule has 0 bridgehead atoms. The molecule has 3 aromatic rings. The molecule has 1 aromatic heterocycles. The Labute approximate surface area is 156 Å². The third kappa shape index (κ3) is 6.71. The Balaban J connectivity index is 0.000000246. The zero-order valence-electron chi connectivity index (χ0n) is 16.7. The van der Waals surface area contributed by atoms with E-state index in [2.05, 4.69) is 4.98 Å². The molecular weight excluding hydrogens is 324 g/mol. The van der Waals surface area contributed by atoms with Crippen LogP contribution in [0.2, 0.25) is 0 Å². The third-order valence-corrected chi connectivity index (χ3v) is 3.53. The number of amides is 1. The molecule has 0 saturated carbocycles. The second-order valence-corrected chi connectivity index (χ2v) is 6.04. The van der Waals surface area contributed by atoms with Gasteiger partial charge in [-0.3, -0.25) is 4.79 Å². The minimum Gasteiger partial charge on any atom is -0.441 e. The van der Waals surface area contributed by atoms with E-state index in [0.717, 1.165) is 17.0 Å². The van der Waals surface area contributed by atoms with Gasteiger partial charge in [0.2, 0.25) is 5.91 Å². The maximum atomic E-state index is 11.6. The van der Waals surface area contributed by atoms with Gasteiger partial charge in [0.1, 0.15) is 5.52 Å². The summed E-state index contributed by atoms with van der Waals surface area (Å²) >= 11 is 0. The Hall–Kier alpha value is -2.62. The summed E-state index contributed by atoms with van der Waals surface area (Å²) in [4.78, 5) is 17.5. The van der Waals surface area contributed by atoms with E-state index < -0.39 is 0 Å². The second-order valence-electron chi connectivity index (χ2n) is 6.04. The van der Waals surface area contributed by atoms with E-state index in [1.54, 1.807) is 4.90 Å². The van der Waals surface area contributed by atoms with Crippen molar-refractivity contribution in [2.75, 3.05) is 7.05 Å². The average molecular weight is 354 g/mol. The zero-order chi connectivity index (χ0) is 19.5. The number of benzene rings is 2. The second kappa shape index (κ2) is 11.1. The van der Waals surface area contributed by atoms with E-state index in [1.807, 2.05) is 96.3 Å². The van der Waals surface area contributed by atoms with Crippen molar-refractivity contribution in [3.63, 3.8) is 0 Å². The lowest BCUT2D eigenvalue weighted by molar-refractivity contribution is -0.133. The SMILES string of the molecule is CC.CC(C)C(=O)N(C)Cc1ccccc1.Cc1nc2ccccc2o1. The summed E-state index contributed by atoms with van der Waals surface area (Å²) in [6.07, 6.45) is 0. The molecule has 0 fully saturated rings. The van der Waals surface area contributed by atoms with Gasteiger partial charge in [0.05, 0.1) is 0 Å².